The zero-order chi connectivity index (χ0) is 13.7. The van der Waals surface area contributed by atoms with Gasteiger partial charge in [-0.2, -0.15) is 0 Å². The molecule has 100 valence electrons. The summed E-state index contributed by atoms with van der Waals surface area (Å²) in [4.78, 5) is 21.6. The maximum Gasteiger partial charge on any atom is 0.302 e. The molecule has 0 amide bonds. The van der Waals surface area contributed by atoms with Gasteiger partial charge in [0.25, 0.3) is 0 Å². The van der Waals surface area contributed by atoms with Crippen LogP contribution in [0, 0.1) is 10.8 Å². The van der Waals surface area contributed by atoms with Crippen molar-refractivity contribution in [2.75, 3.05) is 13.2 Å². The van der Waals surface area contributed by atoms with Crippen LogP contribution in [0.1, 0.15) is 48.0 Å². The van der Waals surface area contributed by atoms with E-state index in [1.54, 1.807) is 0 Å². The average molecular weight is 244 g/mol. The molecule has 0 fully saturated rings. The molecule has 0 spiro atoms. The summed E-state index contributed by atoms with van der Waals surface area (Å²) in [5.74, 6) is -0.535. The summed E-state index contributed by atoms with van der Waals surface area (Å²) in [6.45, 7) is 11.7. The van der Waals surface area contributed by atoms with E-state index in [-0.39, 0.29) is 22.8 Å². The third-order valence-corrected chi connectivity index (χ3v) is 2.29. The highest BCUT2D eigenvalue weighted by Crippen LogP contribution is 2.34. The van der Waals surface area contributed by atoms with Crippen molar-refractivity contribution >= 4 is 11.9 Å². The molecule has 0 rings (SSSR count). The zero-order valence-corrected chi connectivity index (χ0v) is 11.8. The molecule has 0 aliphatic carbocycles. The van der Waals surface area contributed by atoms with Crippen LogP contribution in [-0.4, -0.2) is 25.2 Å². The van der Waals surface area contributed by atoms with Crippen molar-refractivity contribution in [3.8, 4) is 0 Å². The largest absolute Gasteiger partial charge is 0.465 e. The first-order valence-corrected chi connectivity index (χ1v) is 5.81. The molecule has 0 bridgehead atoms. The highest BCUT2D eigenvalue weighted by atomic mass is 16.5. The van der Waals surface area contributed by atoms with E-state index in [2.05, 4.69) is 0 Å². The summed E-state index contributed by atoms with van der Waals surface area (Å²) in [5.41, 5.74) is -0.259. The minimum atomic E-state index is -0.268. The third kappa shape index (κ3) is 8.72. The Labute approximate surface area is 104 Å². The van der Waals surface area contributed by atoms with Crippen molar-refractivity contribution in [1.29, 1.82) is 0 Å². The number of esters is 2. The van der Waals surface area contributed by atoms with Crippen LogP contribution >= 0.6 is 0 Å². The van der Waals surface area contributed by atoms with Crippen molar-refractivity contribution in [1.82, 2.24) is 0 Å². The van der Waals surface area contributed by atoms with Crippen molar-refractivity contribution in [2.45, 2.75) is 48.0 Å². The van der Waals surface area contributed by atoms with Gasteiger partial charge in [-0.1, -0.05) is 27.7 Å². The van der Waals surface area contributed by atoms with Gasteiger partial charge in [0.2, 0.25) is 0 Å². The Balaban J connectivity index is 4.26. The summed E-state index contributed by atoms with van der Waals surface area (Å²) >= 11 is 0. The third-order valence-electron chi connectivity index (χ3n) is 2.29. The molecule has 0 N–H and O–H groups in total. The summed E-state index contributed by atoms with van der Waals surface area (Å²) < 4.78 is 10.1. The van der Waals surface area contributed by atoms with Crippen LogP contribution in [-0.2, 0) is 19.1 Å². The lowest BCUT2D eigenvalue weighted by Gasteiger charge is -2.33. The van der Waals surface area contributed by atoms with Crippen LogP contribution in [0.25, 0.3) is 0 Å². The lowest BCUT2D eigenvalue weighted by Crippen LogP contribution is -2.31. The van der Waals surface area contributed by atoms with Crippen LogP contribution in [0.3, 0.4) is 0 Å². The first-order valence-electron chi connectivity index (χ1n) is 5.81. The molecular formula is C13H24O4. The second kappa shape index (κ2) is 6.03. The van der Waals surface area contributed by atoms with Gasteiger partial charge >= 0.3 is 11.9 Å². The summed E-state index contributed by atoms with van der Waals surface area (Å²) in [7, 11) is 0. The highest BCUT2D eigenvalue weighted by Gasteiger charge is 2.30. The van der Waals surface area contributed by atoms with Crippen LogP contribution in [0.15, 0.2) is 0 Å². The van der Waals surface area contributed by atoms with Gasteiger partial charge in [0.05, 0.1) is 13.2 Å². The maximum absolute atomic E-state index is 10.8. The van der Waals surface area contributed by atoms with Gasteiger partial charge in [0, 0.05) is 13.8 Å². The molecule has 0 aliphatic heterocycles. The van der Waals surface area contributed by atoms with Gasteiger partial charge in [0.15, 0.2) is 0 Å². The Bertz CT molecular complexity index is 251. The monoisotopic (exact) mass is 244 g/mol. The quantitative estimate of drug-likeness (QED) is 0.674. The molecule has 17 heavy (non-hydrogen) atoms. The number of carbonyl (C=O) groups is 2. The lowest BCUT2D eigenvalue weighted by atomic mass is 9.76. The van der Waals surface area contributed by atoms with E-state index in [1.807, 2.05) is 27.7 Å². The molecule has 4 heteroatoms. The first-order chi connectivity index (χ1) is 7.54. The minimum absolute atomic E-state index is 0.130. The van der Waals surface area contributed by atoms with Crippen molar-refractivity contribution in [3.63, 3.8) is 0 Å². The summed E-state index contributed by atoms with van der Waals surface area (Å²) in [5, 5.41) is 0. The number of rotatable bonds is 6. The Morgan fingerprint density at radius 1 is 0.824 bits per heavy atom. The van der Waals surface area contributed by atoms with E-state index >= 15 is 0 Å². The Hall–Kier alpha value is -1.06. The zero-order valence-electron chi connectivity index (χ0n) is 11.8. The molecule has 0 heterocycles. The normalized spacial score (nSPS) is 12.1. The van der Waals surface area contributed by atoms with Crippen molar-refractivity contribution in [3.05, 3.63) is 0 Å². The Morgan fingerprint density at radius 3 is 1.35 bits per heavy atom. The molecular weight excluding hydrogens is 220 g/mol. The average Bonchev–Trinajstić information content (AvgIpc) is 2.10. The predicted octanol–water partition coefficient (Wildman–Crippen LogP) is 2.56. The fraction of sp³-hybridized carbons (Fsp3) is 0.846. The SMILES string of the molecule is CC(=O)OCC(C)(C)CC(C)(C)COC(C)=O. The molecule has 0 saturated heterocycles. The fourth-order valence-corrected chi connectivity index (χ4v) is 1.99. The molecule has 0 aliphatic rings. The van der Waals surface area contributed by atoms with Crippen LogP contribution in [0.5, 0.6) is 0 Å². The highest BCUT2D eigenvalue weighted by molar-refractivity contribution is 5.66. The number of hydrogen-bond donors (Lipinski definition) is 0. The van der Waals surface area contributed by atoms with Gasteiger partial charge in [-0.3, -0.25) is 9.59 Å². The van der Waals surface area contributed by atoms with Gasteiger partial charge in [-0.15, -0.1) is 0 Å². The number of carbonyl (C=O) groups excluding carboxylic acids is 2. The Kier molecular flexibility index (Phi) is 5.66. The van der Waals surface area contributed by atoms with Crippen molar-refractivity contribution < 1.29 is 19.1 Å². The van der Waals surface area contributed by atoms with E-state index in [9.17, 15) is 9.59 Å². The van der Waals surface area contributed by atoms with Gasteiger partial charge in [-0.05, 0) is 17.3 Å². The van der Waals surface area contributed by atoms with E-state index in [0.717, 1.165) is 6.42 Å². The minimum Gasteiger partial charge on any atom is -0.465 e. The molecule has 0 radical (unpaired) electrons. The van der Waals surface area contributed by atoms with Crippen LogP contribution in [0.4, 0.5) is 0 Å². The standard InChI is InChI=1S/C13H24O4/c1-10(14)16-8-12(3,4)7-13(5,6)9-17-11(2)15/h7-9H2,1-6H3. The van der Waals surface area contributed by atoms with E-state index in [0.29, 0.717) is 13.2 Å². The smallest absolute Gasteiger partial charge is 0.302 e. The second-order valence-corrected chi connectivity index (χ2v) is 6.07. The molecule has 0 aromatic rings. The maximum atomic E-state index is 10.8. The fourth-order valence-electron chi connectivity index (χ4n) is 1.99. The lowest BCUT2D eigenvalue weighted by molar-refractivity contribution is -0.146. The predicted molar refractivity (Wildman–Crippen MR) is 65.4 cm³/mol. The molecule has 0 aromatic heterocycles. The molecule has 0 unspecified atom stereocenters. The molecule has 0 saturated carbocycles. The summed E-state index contributed by atoms with van der Waals surface area (Å²) in [6, 6.07) is 0. The molecule has 4 nitrogen and oxygen atoms in total. The molecule has 0 atom stereocenters. The van der Waals surface area contributed by atoms with E-state index in [4.69, 9.17) is 9.47 Å². The van der Waals surface area contributed by atoms with E-state index in [1.165, 1.54) is 13.8 Å². The first kappa shape index (κ1) is 15.9. The van der Waals surface area contributed by atoms with E-state index < -0.39 is 0 Å². The molecule has 0 aromatic carbocycles. The number of hydrogen-bond acceptors (Lipinski definition) is 4. The van der Waals surface area contributed by atoms with Gasteiger partial charge in [-0.25, -0.2) is 0 Å². The Morgan fingerprint density at radius 2 is 1.12 bits per heavy atom. The topological polar surface area (TPSA) is 52.6 Å². The van der Waals surface area contributed by atoms with Crippen molar-refractivity contribution in [2.24, 2.45) is 10.8 Å². The van der Waals surface area contributed by atoms with Crippen LogP contribution in [0.2, 0.25) is 0 Å². The summed E-state index contributed by atoms with van der Waals surface area (Å²) in [6.07, 6.45) is 0.806. The van der Waals surface area contributed by atoms with Crippen LogP contribution < -0.4 is 0 Å². The van der Waals surface area contributed by atoms with Gasteiger partial charge in [0.1, 0.15) is 0 Å². The van der Waals surface area contributed by atoms with Gasteiger partial charge < -0.3 is 9.47 Å². The second-order valence-electron chi connectivity index (χ2n) is 6.07. The number of ether oxygens (including phenoxy) is 2.